The molecule has 2 N–H and O–H groups in total. The quantitative estimate of drug-likeness (QED) is 0.493. The highest BCUT2D eigenvalue weighted by Crippen LogP contribution is 2.51. The molecule has 3 aromatic rings. The molecular formula is C28H32N2O4. The first kappa shape index (κ1) is 22.0. The summed E-state index contributed by atoms with van der Waals surface area (Å²) in [5, 5.41) is 5.82. The van der Waals surface area contributed by atoms with Crippen LogP contribution in [0, 0.1) is 0 Å². The highest BCUT2D eigenvalue weighted by molar-refractivity contribution is 6.02. The SMILES string of the molecule is CNC(=O)c1cccc(-c2cc(NC(=O)C3(c4ccc5c(c4)OCO5)CC3)ccc2C(C)C)c1.[HH].[HH]. The molecule has 1 heterocycles. The zero-order chi connectivity index (χ0) is 23.9. The molecule has 1 fully saturated rings. The Labute approximate surface area is 202 Å². The molecule has 0 atom stereocenters. The van der Waals surface area contributed by atoms with Crippen LogP contribution in [0.2, 0.25) is 0 Å². The Morgan fingerprint density at radius 1 is 0.971 bits per heavy atom. The zero-order valence-electron chi connectivity index (χ0n) is 19.6. The van der Waals surface area contributed by atoms with Gasteiger partial charge in [0, 0.05) is 21.2 Å². The van der Waals surface area contributed by atoms with Crippen LogP contribution in [0.15, 0.2) is 60.7 Å². The maximum atomic E-state index is 13.4. The third-order valence-electron chi connectivity index (χ3n) is 6.71. The highest BCUT2D eigenvalue weighted by atomic mass is 16.7. The van der Waals surface area contributed by atoms with E-state index < -0.39 is 5.41 Å². The lowest BCUT2D eigenvalue weighted by Gasteiger charge is -2.19. The molecule has 6 nitrogen and oxygen atoms in total. The second kappa shape index (κ2) is 8.52. The predicted molar refractivity (Wildman–Crippen MR) is 136 cm³/mol. The fourth-order valence-electron chi connectivity index (χ4n) is 4.58. The summed E-state index contributed by atoms with van der Waals surface area (Å²) in [6.45, 7) is 4.49. The minimum Gasteiger partial charge on any atom is -0.454 e. The van der Waals surface area contributed by atoms with Crippen molar-refractivity contribution >= 4 is 17.5 Å². The van der Waals surface area contributed by atoms with E-state index in [1.165, 1.54) is 0 Å². The van der Waals surface area contributed by atoms with Gasteiger partial charge in [0.2, 0.25) is 12.7 Å². The van der Waals surface area contributed by atoms with E-state index in [0.29, 0.717) is 17.1 Å². The molecule has 34 heavy (non-hydrogen) atoms. The number of fused-ring (bicyclic) bond motifs is 1. The first-order valence-corrected chi connectivity index (χ1v) is 11.6. The van der Waals surface area contributed by atoms with Crippen molar-refractivity contribution in [2.24, 2.45) is 0 Å². The number of hydrogen-bond donors (Lipinski definition) is 2. The molecule has 0 radical (unpaired) electrons. The van der Waals surface area contributed by atoms with Crippen molar-refractivity contribution in [2.75, 3.05) is 19.2 Å². The lowest BCUT2D eigenvalue weighted by Crippen LogP contribution is -2.27. The Morgan fingerprint density at radius 3 is 2.50 bits per heavy atom. The number of benzene rings is 3. The molecule has 1 saturated carbocycles. The molecule has 2 aliphatic rings. The van der Waals surface area contributed by atoms with Gasteiger partial charge < -0.3 is 20.1 Å². The van der Waals surface area contributed by atoms with Gasteiger partial charge in [-0.1, -0.05) is 38.1 Å². The molecule has 5 rings (SSSR count). The van der Waals surface area contributed by atoms with Crippen LogP contribution in [-0.4, -0.2) is 25.7 Å². The van der Waals surface area contributed by atoms with Gasteiger partial charge in [-0.2, -0.15) is 0 Å². The van der Waals surface area contributed by atoms with Crippen molar-refractivity contribution in [1.82, 2.24) is 5.32 Å². The molecule has 1 aliphatic heterocycles. The Bertz CT molecular complexity index is 1290. The second-order valence-electron chi connectivity index (χ2n) is 9.22. The van der Waals surface area contributed by atoms with E-state index in [0.717, 1.165) is 40.8 Å². The topological polar surface area (TPSA) is 76.7 Å². The van der Waals surface area contributed by atoms with Gasteiger partial charge in [-0.3, -0.25) is 9.59 Å². The number of amides is 2. The minimum absolute atomic E-state index is 0. The van der Waals surface area contributed by atoms with E-state index in [1.807, 2.05) is 48.5 Å². The van der Waals surface area contributed by atoms with Gasteiger partial charge in [-0.15, -0.1) is 0 Å². The average Bonchev–Trinajstić information content (AvgIpc) is 3.54. The lowest BCUT2D eigenvalue weighted by molar-refractivity contribution is -0.118. The Hall–Kier alpha value is -3.80. The summed E-state index contributed by atoms with van der Waals surface area (Å²) in [5.41, 5.74) is 4.85. The normalized spacial score (nSPS) is 15.2. The highest BCUT2D eigenvalue weighted by Gasteiger charge is 2.51. The third-order valence-corrected chi connectivity index (χ3v) is 6.71. The van der Waals surface area contributed by atoms with Crippen LogP contribution in [0.5, 0.6) is 11.5 Å². The number of carbonyl (C=O) groups excluding carboxylic acids is 2. The smallest absolute Gasteiger partial charge is 0.251 e. The predicted octanol–water partition coefficient (Wildman–Crippen LogP) is 5.73. The summed E-state index contributed by atoms with van der Waals surface area (Å²) in [7, 11) is 1.62. The Morgan fingerprint density at radius 2 is 1.76 bits per heavy atom. The molecule has 6 heteroatoms. The van der Waals surface area contributed by atoms with Crippen molar-refractivity contribution in [1.29, 1.82) is 0 Å². The molecule has 0 unspecified atom stereocenters. The fourth-order valence-corrected chi connectivity index (χ4v) is 4.58. The molecule has 3 aromatic carbocycles. The van der Waals surface area contributed by atoms with Gasteiger partial charge in [0.15, 0.2) is 11.5 Å². The largest absolute Gasteiger partial charge is 0.454 e. The van der Waals surface area contributed by atoms with Gasteiger partial charge in [-0.25, -0.2) is 0 Å². The monoisotopic (exact) mass is 460 g/mol. The number of ether oxygens (including phenoxy) is 2. The van der Waals surface area contributed by atoms with Crippen molar-refractivity contribution in [3.05, 3.63) is 77.4 Å². The van der Waals surface area contributed by atoms with E-state index in [9.17, 15) is 9.59 Å². The molecule has 0 bridgehead atoms. The van der Waals surface area contributed by atoms with Crippen molar-refractivity contribution in [2.45, 2.75) is 38.0 Å². The summed E-state index contributed by atoms with van der Waals surface area (Å²) < 4.78 is 10.9. The van der Waals surface area contributed by atoms with Crippen LogP contribution >= 0.6 is 0 Å². The number of rotatable bonds is 6. The number of hydrogen-bond acceptors (Lipinski definition) is 4. The average molecular weight is 461 g/mol. The van der Waals surface area contributed by atoms with Crippen LogP contribution in [0.3, 0.4) is 0 Å². The van der Waals surface area contributed by atoms with Gasteiger partial charge in [0.05, 0.1) is 5.41 Å². The second-order valence-corrected chi connectivity index (χ2v) is 9.22. The molecular weight excluding hydrogens is 428 g/mol. The van der Waals surface area contributed by atoms with Crippen molar-refractivity contribution in [3.63, 3.8) is 0 Å². The molecule has 2 amide bonds. The lowest BCUT2D eigenvalue weighted by atomic mass is 9.91. The van der Waals surface area contributed by atoms with Crippen molar-refractivity contribution < 1.29 is 21.9 Å². The standard InChI is InChI=1S/C28H28N2O4.2H2/c1-17(2)22-9-8-21(15-23(22)18-5-4-6-19(13-18)26(31)29-3)30-27(32)28(11-12-28)20-7-10-24-25(14-20)34-16-33-24;;/h4-10,13-15,17H,11-12,16H2,1-3H3,(H,29,31)(H,30,32);2*1H. The summed E-state index contributed by atoms with van der Waals surface area (Å²) >= 11 is 0. The number of anilines is 1. The summed E-state index contributed by atoms with van der Waals surface area (Å²) in [6, 6.07) is 19.3. The van der Waals surface area contributed by atoms with Gasteiger partial charge in [0.1, 0.15) is 0 Å². The summed E-state index contributed by atoms with van der Waals surface area (Å²) in [6.07, 6.45) is 1.59. The number of nitrogens with one attached hydrogen (secondary N) is 2. The molecule has 0 spiro atoms. The summed E-state index contributed by atoms with van der Waals surface area (Å²) in [5.74, 6) is 1.54. The number of carbonyl (C=O) groups is 2. The van der Waals surface area contributed by atoms with E-state index in [2.05, 4.69) is 30.5 Å². The maximum absolute atomic E-state index is 13.4. The van der Waals surface area contributed by atoms with Gasteiger partial charge in [-0.05, 0) is 77.4 Å². The van der Waals surface area contributed by atoms with E-state index >= 15 is 0 Å². The Kier molecular flexibility index (Phi) is 5.52. The first-order valence-electron chi connectivity index (χ1n) is 11.6. The molecule has 178 valence electrons. The van der Waals surface area contributed by atoms with Crippen LogP contribution in [-0.2, 0) is 10.2 Å². The van der Waals surface area contributed by atoms with Gasteiger partial charge in [0.25, 0.3) is 5.91 Å². The summed E-state index contributed by atoms with van der Waals surface area (Å²) in [4.78, 5) is 25.6. The first-order chi connectivity index (χ1) is 16.4. The molecule has 1 aliphatic carbocycles. The van der Waals surface area contributed by atoms with Crippen LogP contribution < -0.4 is 20.1 Å². The van der Waals surface area contributed by atoms with E-state index in [4.69, 9.17) is 9.47 Å². The molecule has 0 aromatic heterocycles. The maximum Gasteiger partial charge on any atom is 0.251 e. The van der Waals surface area contributed by atoms with E-state index in [-0.39, 0.29) is 27.4 Å². The molecule has 0 saturated heterocycles. The van der Waals surface area contributed by atoms with Crippen LogP contribution in [0.25, 0.3) is 11.1 Å². The fraction of sp³-hybridized carbons (Fsp3) is 0.286. The van der Waals surface area contributed by atoms with Gasteiger partial charge >= 0.3 is 0 Å². The minimum atomic E-state index is -0.545. The third kappa shape index (κ3) is 3.89. The van der Waals surface area contributed by atoms with E-state index in [1.54, 1.807) is 13.1 Å². The van der Waals surface area contributed by atoms with Crippen LogP contribution in [0.4, 0.5) is 5.69 Å². The van der Waals surface area contributed by atoms with Crippen LogP contribution in [0.1, 0.15) is 56.9 Å². The van der Waals surface area contributed by atoms with Crippen molar-refractivity contribution in [3.8, 4) is 22.6 Å². The Balaban J connectivity index is 0.00000180. The zero-order valence-corrected chi connectivity index (χ0v) is 19.6.